The first-order valence-electron chi connectivity index (χ1n) is 13.1. The Morgan fingerprint density at radius 2 is 1.67 bits per heavy atom. The van der Waals surface area contributed by atoms with Gasteiger partial charge in [-0.3, -0.25) is 4.98 Å². The van der Waals surface area contributed by atoms with Crippen LogP contribution in [0.2, 0.25) is 0 Å². The summed E-state index contributed by atoms with van der Waals surface area (Å²) >= 11 is 0. The number of sulfone groups is 1. The van der Waals surface area contributed by atoms with Crippen LogP contribution in [0.3, 0.4) is 0 Å². The molecule has 1 aromatic heterocycles. The molecule has 2 aromatic carbocycles. The van der Waals surface area contributed by atoms with Crippen LogP contribution in [0.15, 0.2) is 58.5 Å². The van der Waals surface area contributed by atoms with E-state index in [9.17, 15) is 13.7 Å². The molecule has 0 N–H and O–H groups in total. The Morgan fingerprint density at radius 1 is 0.972 bits per heavy atom. The lowest BCUT2D eigenvalue weighted by atomic mass is 9.98. The molecule has 0 atom stereocenters. The second kappa shape index (κ2) is 10.6. The number of nitrogens with zero attached hydrogens (tertiary/aromatic N) is 4. The lowest BCUT2D eigenvalue weighted by Crippen LogP contribution is -2.47. The lowest BCUT2D eigenvalue weighted by Gasteiger charge is -2.41. The first-order chi connectivity index (χ1) is 17.5. The zero-order valence-electron chi connectivity index (χ0n) is 21.0. The summed E-state index contributed by atoms with van der Waals surface area (Å²) in [5.41, 5.74) is 3.46. The maximum absolute atomic E-state index is 13.9. The number of pyridine rings is 1. The van der Waals surface area contributed by atoms with Crippen molar-refractivity contribution in [3.05, 3.63) is 59.8 Å². The molecule has 3 aromatic rings. The lowest BCUT2D eigenvalue weighted by molar-refractivity contribution is 0.141. The van der Waals surface area contributed by atoms with Gasteiger partial charge in [-0.15, -0.1) is 0 Å². The molecule has 0 amide bonds. The number of aryl methyl sites for hydroxylation is 1. The van der Waals surface area contributed by atoms with E-state index >= 15 is 0 Å². The Kier molecular flexibility index (Phi) is 7.27. The molecule has 6 nitrogen and oxygen atoms in total. The van der Waals surface area contributed by atoms with Crippen LogP contribution in [0, 0.1) is 11.3 Å². The van der Waals surface area contributed by atoms with Crippen LogP contribution in [0.25, 0.3) is 10.9 Å². The van der Waals surface area contributed by atoms with E-state index in [1.54, 1.807) is 12.1 Å². The minimum absolute atomic E-state index is 0.254. The average Bonchev–Trinajstić information content (AvgIpc) is 2.93. The number of piperidine rings is 2. The number of aromatic nitrogens is 1. The van der Waals surface area contributed by atoms with Gasteiger partial charge in [0.05, 0.1) is 28.6 Å². The number of benzene rings is 2. The summed E-state index contributed by atoms with van der Waals surface area (Å²) in [6.07, 6.45) is 8.58. The first kappa shape index (κ1) is 24.7. The third-order valence-electron chi connectivity index (χ3n) is 7.77. The van der Waals surface area contributed by atoms with E-state index in [1.165, 1.54) is 38.5 Å². The number of rotatable bonds is 6. The van der Waals surface area contributed by atoms with Gasteiger partial charge < -0.3 is 9.80 Å². The smallest absolute Gasteiger partial charge is 0.210 e. The maximum Gasteiger partial charge on any atom is 0.210 e. The molecule has 2 saturated heterocycles. The second-order valence-electron chi connectivity index (χ2n) is 9.97. The van der Waals surface area contributed by atoms with Crippen molar-refractivity contribution in [1.82, 2.24) is 9.88 Å². The predicted molar refractivity (Wildman–Crippen MR) is 143 cm³/mol. The topological polar surface area (TPSA) is 77.3 Å². The highest BCUT2D eigenvalue weighted by Crippen LogP contribution is 2.38. The van der Waals surface area contributed by atoms with Gasteiger partial charge in [0.25, 0.3) is 0 Å². The van der Waals surface area contributed by atoms with Crippen LogP contribution in [-0.2, 0) is 22.7 Å². The van der Waals surface area contributed by atoms with Gasteiger partial charge in [-0.1, -0.05) is 31.5 Å². The molecule has 0 aliphatic carbocycles. The Bertz CT molecular complexity index is 1360. The van der Waals surface area contributed by atoms with Crippen molar-refractivity contribution in [2.24, 2.45) is 0 Å². The molecule has 0 radical (unpaired) electrons. The summed E-state index contributed by atoms with van der Waals surface area (Å²) in [7, 11) is -3.77. The standard InChI is InChI=1S/C29H34N4O2S/c1-2-22-6-9-25(10-7-22)36(34,35)28-21-31-27-11-8-23(12-15-30)20-26(27)29(28)33-18-13-24(14-19-33)32-16-4-3-5-17-32/h6-11,20-21,24H,2-5,12-14,16-19H2,1H3. The van der Waals surface area contributed by atoms with E-state index in [0.29, 0.717) is 10.9 Å². The van der Waals surface area contributed by atoms with Crippen molar-refractivity contribution in [1.29, 1.82) is 5.26 Å². The SMILES string of the molecule is CCc1ccc(S(=O)(=O)c2cnc3ccc(CC#N)cc3c2N2CCC(N3CCCCC3)CC2)cc1. The fourth-order valence-electron chi connectivity index (χ4n) is 5.70. The molecule has 0 unspecified atom stereocenters. The molecule has 0 saturated carbocycles. The van der Waals surface area contributed by atoms with Crippen LogP contribution < -0.4 is 4.90 Å². The molecule has 188 valence electrons. The van der Waals surface area contributed by atoms with Crippen molar-refractivity contribution >= 4 is 26.4 Å². The summed E-state index contributed by atoms with van der Waals surface area (Å²) in [6, 6.07) is 15.7. The fourth-order valence-corrected chi connectivity index (χ4v) is 7.13. The van der Waals surface area contributed by atoms with Gasteiger partial charge in [0.1, 0.15) is 4.90 Å². The zero-order chi connectivity index (χ0) is 25.1. The second-order valence-corrected chi connectivity index (χ2v) is 11.9. The summed E-state index contributed by atoms with van der Waals surface area (Å²) < 4.78 is 27.9. The Morgan fingerprint density at radius 3 is 2.33 bits per heavy atom. The molecule has 2 fully saturated rings. The van der Waals surface area contributed by atoms with E-state index in [2.05, 4.69) is 27.8 Å². The van der Waals surface area contributed by atoms with Gasteiger partial charge >= 0.3 is 0 Å². The monoisotopic (exact) mass is 502 g/mol. The van der Waals surface area contributed by atoms with E-state index in [-0.39, 0.29) is 11.3 Å². The summed E-state index contributed by atoms with van der Waals surface area (Å²) in [5.74, 6) is 0. The maximum atomic E-state index is 13.9. The van der Waals surface area contributed by atoms with Gasteiger partial charge in [0.2, 0.25) is 9.84 Å². The molecule has 0 bridgehead atoms. The molecular formula is C29H34N4O2S. The average molecular weight is 503 g/mol. The quantitative estimate of drug-likeness (QED) is 0.464. The molecule has 0 spiro atoms. The summed E-state index contributed by atoms with van der Waals surface area (Å²) in [6.45, 7) is 6.02. The molecule has 2 aliphatic heterocycles. The van der Waals surface area contributed by atoms with Gasteiger partial charge in [-0.25, -0.2) is 8.42 Å². The van der Waals surface area contributed by atoms with E-state index in [0.717, 1.165) is 60.1 Å². The van der Waals surface area contributed by atoms with Crippen LogP contribution in [0.4, 0.5) is 5.69 Å². The molecular weight excluding hydrogens is 468 g/mol. The van der Waals surface area contributed by atoms with E-state index < -0.39 is 9.84 Å². The van der Waals surface area contributed by atoms with Crippen molar-refractivity contribution < 1.29 is 8.42 Å². The number of fused-ring (bicyclic) bond motifs is 1. The molecule has 7 heteroatoms. The fraction of sp³-hybridized carbons (Fsp3) is 0.448. The third kappa shape index (κ3) is 4.85. The molecule has 2 aliphatic rings. The number of nitriles is 1. The van der Waals surface area contributed by atoms with E-state index in [1.807, 2.05) is 30.3 Å². The largest absolute Gasteiger partial charge is 0.370 e. The normalized spacial score (nSPS) is 17.8. The summed E-state index contributed by atoms with van der Waals surface area (Å²) in [4.78, 5) is 9.97. The van der Waals surface area contributed by atoms with Crippen molar-refractivity contribution in [3.63, 3.8) is 0 Å². The minimum atomic E-state index is -3.77. The molecule has 3 heterocycles. The highest BCUT2D eigenvalue weighted by atomic mass is 32.2. The van der Waals surface area contributed by atoms with Crippen molar-refractivity contribution in [2.75, 3.05) is 31.1 Å². The predicted octanol–water partition coefficient (Wildman–Crippen LogP) is 5.15. The number of hydrogen-bond acceptors (Lipinski definition) is 6. The zero-order valence-corrected chi connectivity index (χ0v) is 21.8. The van der Waals surface area contributed by atoms with Gasteiger partial charge in [-0.05, 0) is 80.6 Å². The Balaban J connectivity index is 1.57. The number of hydrogen-bond donors (Lipinski definition) is 0. The van der Waals surface area contributed by atoms with Gasteiger partial charge in [-0.2, -0.15) is 5.26 Å². The van der Waals surface area contributed by atoms with Crippen LogP contribution >= 0.6 is 0 Å². The van der Waals surface area contributed by atoms with Crippen molar-refractivity contribution in [3.8, 4) is 6.07 Å². The molecule has 36 heavy (non-hydrogen) atoms. The molecule has 5 rings (SSSR count). The van der Waals surface area contributed by atoms with Gasteiger partial charge in [0.15, 0.2) is 0 Å². The summed E-state index contributed by atoms with van der Waals surface area (Å²) in [5, 5.41) is 10.1. The minimum Gasteiger partial charge on any atom is -0.370 e. The first-order valence-corrected chi connectivity index (χ1v) is 14.6. The van der Waals surface area contributed by atoms with Crippen molar-refractivity contribution in [2.45, 2.75) is 67.7 Å². The van der Waals surface area contributed by atoms with Crippen LogP contribution in [0.5, 0.6) is 0 Å². The van der Waals surface area contributed by atoms with E-state index in [4.69, 9.17) is 0 Å². The van der Waals surface area contributed by atoms with Crippen LogP contribution in [-0.4, -0.2) is 50.5 Å². The third-order valence-corrected chi connectivity index (χ3v) is 9.54. The Labute approximate surface area is 214 Å². The highest BCUT2D eigenvalue weighted by molar-refractivity contribution is 7.91. The highest BCUT2D eigenvalue weighted by Gasteiger charge is 2.31. The number of likely N-dealkylation sites (tertiary alicyclic amines) is 1. The van der Waals surface area contributed by atoms with Gasteiger partial charge in [0, 0.05) is 30.7 Å². The Hall–Kier alpha value is -2.95. The van der Waals surface area contributed by atoms with Crippen LogP contribution in [0.1, 0.15) is 50.2 Å². The number of anilines is 1.